The van der Waals surface area contributed by atoms with Crippen LogP contribution in [0.25, 0.3) is 0 Å². The van der Waals surface area contributed by atoms with Crippen LogP contribution >= 0.6 is 0 Å². The van der Waals surface area contributed by atoms with Gasteiger partial charge in [-0.1, -0.05) is 25.0 Å². The van der Waals surface area contributed by atoms with E-state index in [1.807, 2.05) is 17.0 Å². The summed E-state index contributed by atoms with van der Waals surface area (Å²) in [6.45, 7) is 1.56. The maximum absolute atomic E-state index is 13.3. The van der Waals surface area contributed by atoms with Gasteiger partial charge in [0.25, 0.3) is 11.8 Å². The number of anilines is 1. The predicted octanol–water partition coefficient (Wildman–Crippen LogP) is 2.05. The van der Waals surface area contributed by atoms with Gasteiger partial charge in [0.05, 0.1) is 12.2 Å². The molecule has 1 aromatic rings. The summed E-state index contributed by atoms with van der Waals surface area (Å²) in [5, 5.41) is 2.85. The molecular formula is C24H30N4O5. The van der Waals surface area contributed by atoms with Crippen molar-refractivity contribution >= 4 is 29.4 Å². The minimum Gasteiger partial charge on any atom is -0.476 e. The number of nitrogens with one attached hydrogen (secondary N) is 1. The van der Waals surface area contributed by atoms with Crippen molar-refractivity contribution in [1.29, 1.82) is 0 Å². The van der Waals surface area contributed by atoms with Gasteiger partial charge in [-0.25, -0.2) is 4.79 Å². The van der Waals surface area contributed by atoms with E-state index in [4.69, 9.17) is 4.74 Å². The van der Waals surface area contributed by atoms with Crippen LogP contribution in [0.4, 0.5) is 10.5 Å². The van der Waals surface area contributed by atoms with Gasteiger partial charge < -0.3 is 19.9 Å². The van der Waals surface area contributed by atoms with Gasteiger partial charge in [-0.05, 0) is 44.2 Å². The third kappa shape index (κ3) is 3.94. The van der Waals surface area contributed by atoms with Crippen LogP contribution in [0.5, 0.6) is 5.75 Å². The van der Waals surface area contributed by atoms with Gasteiger partial charge in [0.2, 0.25) is 5.91 Å². The molecule has 1 aliphatic carbocycles. The fourth-order valence-electron chi connectivity index (χ4n) is 5.46. The number of hydrogen-bond acceptors (Lipinski definition) is 5. The molecule has 0 unspecified atom stereocenters. The Hall–Kier alpha value is -3.10. The number of amides is 5. The summed E-state index contributed by atoms with van der Waals surface area (Å²) in [5.41, 5.74) is -0.174. The highest BCUT2D eigenvalue weighted by molar-refractivity contribution is 6.07. The maximum Gasteiger partial charge on any atom is 0.325 e. The molecule has 0 bridgehead atoms. The molecule has 9 heteroatoms. The van der Waals surface area contributed by atoms with Crippen molar-refractivity contribution in [3.63, 3.8) is 0 Å². The molecule has 4 aliphatic rings. The van der Waals surface area contributed by atoms with E-state index in [-0.39, 0.29) is 37.2 Å². The highest BCUT2D eigenvalue weighted by Gasteiger charge is 2.52. The van der Waals surface area contributed by atoms with Crippen LogP contribution < -0.4 is 15.0 Å². The van der Waals surface area contributed by atoms with E-state index in [2.05, 4.69) is 5.32 Å². The van der Waals surface area contributed by atoms with E-state index in [1.54, 1.807) is 17.0 Å². The standard InChI is InChI=1S/C24H30N4O5/c29-20(10-15-27-22(31)24(25-23(27)32)11-4-5-12-24)28-16-19(21(30)26-13-6-1-7-14-26)33-18-9-3-2-8-17(18)28/h2-3,8-9,19H,1,4-7,10-16H2,(H,25,32)/t19-/m0/s1. The molecule has 0 aromatic heterocycles. The van der Waals surface area contributed by atoms with Crippen LogP contribution in [0, 0.1) is 0 Å². The first-order valence-electron chi connectivity index (χ1n) is 12.0. The number of fused-ring (bicyclic) bond motifs is 1. The Morgan fingerprint density at radius 1 is 1.03 bits per heavy atom. The van der Waals surface area contributed by atoms with Crippen molar-refractivity contribution in [1.82, 2.24) is 15.1 Å². The van der Waals surface area contributed by atoms with Gasteiger partial charge in [-0.15, -0.1) is 0 Å². The molecule has 1 spiro atoms. The van der Waals surface area contributed by atoms with E-state index >= 15 is 0 Å². The Balaban J connectivity index is 1.29. The van der Waals surface area contributed by atoms with Gasteiger partial charge in [-0.2, -0.15) is 0 Å². The first-order chi connectivity index (χ1) is 16.0. The van der Waals surface area contributed by atoms with Gasteiger partial charge >= 0.3 is 6.03 Å². The van der Waals surface area contributed by atoms with E-state index in [0.29, 0.717) is 37.4 Å². The Morgan fingerprint density at radius 2 is 1.76 bits per heavy atom. The van der Waals surface area contributed by atoms with Crippen LogP contribution in [0.2, 0.25) is 0 Å². The zero-order chi connectivity index (χ0) is 23.0. The Bertz CT molecular complexity index is 967. The molecule has 1 saturated carbocycles. The lowest BCUT2D eigenvalue weighted by Gasteiger charge is -2.37. The Labute approximate surface area is 193 Å². The molecule has 1 atom stereocenters. The molecule has 1 N–H and O–H groups in total. The summed E-state index contributed by atoms with van der Waals surface area (Å²) in [5.74, 6) is -0.0693. The molecular weight excluding hydrogens is 424 g/mol. The number of carbonyl (C=O) groups is 4. The van der Waals surface area contributed by atoms with Crippen LogP contribution in [0.1, 0.15) is 51.4 Å². The lowest BCUT2D eigenvalue weighted by Crippen LogP contribution is -2.53. The third-order valence-electron chi connectivity index (χ3n) is 7.27. The molecule has 5 amide bonds. The number of para-hydroxylation sites is 2. The summed E-state index contributed by atoms with van der Waals surface area (Å²) in [6, 6.07) is 6.75. The predicted molar refractivity (Wildman–Crippen MR) is 120 cm³/mol. The van der Waals surface area contributed by atoms with Crippen LogP contribution in [-0.4, -0.2) is 71.4 Å². The fourth-order valence-corrected chi connectivity index (χ4v) is 5.46. The van der Waals surface area contributed by atoms with Gasteiger partial charge in [-0.3, -0.25) is 19.3 Å². The molecule has 3 heterocycles. The average Bonchev–Trinajstić information content (AvgIpc) is 3.41. The number of likely N-dealkylation sites (tertiary alicyclic amines) is 1. The summed E-state index contributed by atoms with van der Waals surface area (Å²) in [4.78, 5) is 56.2. The minimum absolute atomic E-state index is 0.00575. The molecule has 176 valence electrons. The van der Waals surface area contributed by atoms with Crippen molar-refractivity contribution in [2.24, 2.45) is 0 Å². The highest BCUT2D eigenvalue weighted by Crippen LogP contribution is 2.36. The van der Waals surface area contributed by atoms with E-state index in [9.17, 15) is 19.2 Å². The summed E-state index contributed by atoms with van der Waals surface area (Å²) in [6.07, 6.45) is 5.43. The minimum atomic E-state index is -0.780. The number of rotatable bonds is 4. The maximum atomic E-state index is 13.3. The monoisotopic (exact) mass is 454 g/mol. The highest BCUT2D eigenvalue weighted by atomic mass is 16.5. The second kappa shape index (κ2) is 8.68. The van der Waals surface area contributed by atoms with E-state index < -0.39 is 17.7 Å². The first kappa shape index (κ1) is 21.7. The van der Waals surface area contributed by atoms with Gasteiger partial charge in [0.1, 0.15) is 11.3 Å². The zero-order valence-electron chi connectivity index (χ0n) is 18.8. The van der Waals surface area contributed by atoms with Crippen molar-refractivity contribution in [2.45, 2.75) is 63.0 Å². The molecule has 0 radical (unpaired) electrons. The number of hydrogen-bond donors (Lipinski definition) is 1. The van der Waals surface area contributed by atoms with Crippen molar-refractivity contribution < 1.29 is 23.9 Å². The Kier molecular flexibility index (Phi) is 5.72. The molecule has 2 saturated heterocycles. The lowest BCUT2D eigenvalue weighted by atomic mass is 9.98. The average molecular weight is 455 g/mol. The zero-order valence-corrected chi connectivity index (χ0v) is 18.8. The van der Waals surface area contributed by atoms with Crippen LogP contribution in [0.15, 0.2) is 24.3 Å². The first-order valence-corrected chi connectivity index (χ1v) is 12.0. The van der Waals surface area contributed by atoms with Gasteiger partial charge in [0.15, 0.2) is 6.10 Å². The molecule has 33 heavy (non-hydrogen) atoms. The molecule has 5 rings (SSSR count). The Morgan fingerprint density at radius 3 is 2.52 bits per heavy atom. The number of imide groups is 1. The van der Waals surface area contributed by atoms with E-state index in [0.717, 1.165) is 32.1 Å². The number of carbonyl (C=O) groups excluding carboxylic acids is 4. The van der Waals surface area contributed by atoms with Crippen LogP contribution in [0.3, 0.4) is 0 Å². The number of urea groups is 1. The molecule has 3 fully saturated rings. The second-order valence-corrected chi connectivity index (χ2v) is 9.39. The third-order valence-corrected chi connectivity index (χ3v) is 7.27. The number of ether oxygens (including phenoxy) is 1. The summed E-state index contributed by atoms with van der Waals surface area (Å²) >= 11 is 0. The number of piperidine rings is 1. The normalized spacial score (nSPS) is 24.0. The number of benzene rings is 1. The quantitative estimate of drug-likeness (QED) is 0.702. The van der Waals surface area contributed by atoms with Crippen LogP contribution in [-0.2, 0) is 14.4 Å². The van der Waals surface area contributed by atoms with Gasteiger partial charge in [0, 0.05) is 26.1 Å². The largest absolute Gasteiger partial charge is 0.476 e. The lowest BCUT2D eigenvalue weighted by molar-refractivity contribution is -0.139. The van der Waals surface area contributed by atoms with Crippen molar-refractivity contribution in [3.05, 3.63) is 24.3 Å². The van der Waals surface area contributed by atoms with Crippen molar-refractivity contribution in [3.8, 4) is 5.75 Å². The smallest absolute Gasteiger partial charge is 0.325 e. The molecule has 3 aliphatic heterocycles. The fraction of sp³-hybridized carbons (Fsp3) is 0.583. The summed E-state index contributed by atoms with van der Waals surface area (Å²) in [7, 11) is 0. The van der Waals surface area contributed by atoms with E-state index in [1.165, 1.54) is 4.90 Å². The SMILES string of the molecule is O=C([C@@H]1CN(C(=O)CCN2C(=O)NC3(CCCC3)C2=O)c2ccccc2O1)N1CCCCC1. The summed E-state index contributed by atoms with van der Waals surface area (Å²) < 4.78 is 5.99. The van der Waals surface area contributed by atoms with Crippen molar-refractivity contribution in [2.75, 3.05) is 31.1 Å². The molecule has 1 aromatic carbocycles. The molecule has 9 nitrogen and oxygen atoms in total. The topological polar surface area (TPSA) is 99.3 Å². The second-order valence-electron chi connectivity index (χ2n) is 9.39. The number of nitrogens with zero attached hydrogens (tertiary/aromatic N) is 3.